The molecule has 0 aliphatic carbocycles. The van der Waals surface area contributed by atoms with Crippen molar-refractivity contribution in [2.75, 3.05) is 6.54 Å². The molecule has 154 valence electrons. The number of nitrogens with one attached hydrogen (secondary N) is 1. The number of imidazole rings is 1. The first-order valence-corrected chi connectivity index (χ1v) is 11.9. The van der Waals surface area contributed by atoms with Crippen molar-refractivity contribution in [3.63, 3.8) is 0 Å². The number of hydrogen-bond acceptors (Lipinski definition) is 5. The number of sulfone groups is 1. The minimum absolute atomic E-state index is 0.0999. The molecule has 0 radical (unpaired) electrons. The highest BCUT2D eigenvalue weighted by molar-refractivity contribution is 7.92. The summed E-state index contributed by atoms with van der Waals surface area (Å²) in [6, 6.07) is 10.6. The molecule has 0 spiro atoms. The van der Waals surface area contributed by atoms with Crippen molar-refractivity contribution in [2.24, 2.45) is 7.05 Å². The standard InChI is InChI=1S/C21H25N3O3S2/c1-15(2)29(26,27)17-8-6-16(7-9-17)13-21(25)22-11-10-20-23-18(14-24(20)3)19-5-4-12-28-19/h4-9,12,14-15H,10-11,13H2,1-3H3,(H,22,25). The van der Waals surface area contributed by atoms with Crippen LogP contribution in [0.5, 0.6) is 0 Å². The summed E-state index contributed by atoms with van der Waals surface area (Å²) in [4.78, 5) is 18.3. The largest absolute Gasteiger partial charge is 0.355 e. The molecule has 0 fully saturated rings. The first-order chi connectivity index (χ1) is 13.8. The number of carbonyl (C=O) groups excluding carboxylic acids is 1. The van der Waals surface area contributed by atoms with Crippen LogP contribution in [0.1, 0.15) is 25.2 Å². The molecule has 0 aliphatic heterocycles. The van der Waals surface area contributed by atoms with E-state index in [1.165, 1.54) is 0 Å². The van der Waals surface area contributed by atoms with Gasteiger partial charge in [0, 0.05) is 26.2 Å². The van der Waals surface area contributed by atoms with Crippen LogP contribution in [0.2, 0.25) is 0 Å². The minimum Gasteiger partial charge on any atom is -0.355 e. The molecule has 0 atom stereocenters. The van der Waals surface area contributed by atoms with Crippen molar-refractivity contribution in [2.45, 2.75) is 36.8 Å². The Morgan fingerprint density at radius 1 is 1.21 bits per heavy atom. The third-order valence-electron chi connectivity index (χ3n) is 4.65. The van der Waals surface area contributed by atoms with Gasteiger partial charge in [0.1, 0.15) is 5.82 Å². The molecule has 2 heterocycles. The van der Waals surface area contributed by atoms with Crippen LogP contribution in [0.15, 0.2) is 52.9 Å². The number of aromatic nitrogens is 2. The first-order valence-electron chi connectivity index (χ1n) is 9.43. The number of rotatable bonds is 8. The molecule has 2 aromatic heterocycles. The maximum Gasteiger partial charge on any atom is 0.224 e. The van der Waals surface area contributed by atoms with E-state index in [9.17, 15) is 13.2 Å². The number of aryl methyl sites for hydroxylation is 1. The molecule has 0 unspecified atom stereocenters. The highest BCUT2D eigenvalue weighted by Gasteiger charge is 2.18. The van der Waals surface area contributed by atoms with Crippen molar-refractivity contribution in [1.82, 2.24) is 14.9 Å². The third-order valence-corrected chi connectivity index (χ3v) is 7.72. The van der Waals surface area contributed by atoms with Crippen molar-refractivity contribution in [3.05, 3.63) is 59.4 Å². The summed E-state index contributed by atoms with van der Waals surface area (Å²) in [5.41, 5.74) is 1.72. The molecule has 3 rings (SSSR count). The summed E-state index contributed by atoms with van der Waals surface area (Å²) >= 11 is 1.65. The molecule has 8 heteroatoms. The Morgan fingerprint density at radius 2 is 1.93 bits per heavy atom. The van der Waals surface area contributed by atoms with Gasteiger partial charge in [0.25, 0.3) is 0 Å². The number of nitrogens with zero attached hydrogens (tertiary/aromatic N) is 2. The topological polar surface area (TPSA) is 81.1 Å². The zero-order valence-corrected chi connectivity index (χ0v) is 18.4. The second-order valence-electron chi connectivity index (χ2n) is 7.15. The van der Waals surface area contributed by atoms with E-state index < -0.39 is 15.1 Å². The summed E-state index contributed by atoms with van der Waals surface area (Å²) < 4.78 is 26.3. The smallest absolute Gasteiger partial charge is 0.224 e. The second kappa shape index (κ2) is 8.92. The van der Waals surface area contributed by atoms with Crippen LogP contribution in [0, 0.1) is 0 Å². The van der Waals surface area contributed by atoms with Gasteiger partial charge in [-0.05, 0) is 43.0 Å². The Labute approximate surface area is 175 Å². The number of thiophene rings is 1. The fraction of sp³-hybridized carbons (Fsp3) is 0.333. The van der Waals surface area contributed by atoms with Crippen molar-refractivity contribution < 1.29 is 13.2 Å². The van der Waals surface area contributed by atoms with E-state index in [1.807, 2.05) is 35.3 Å². The zero-order valence-electron chi connectivity index (χ0n) is 16.8. The molecule has 6 nitrogen and oxygen atoms in total. The van der Waals surface area contributed by atoms with E-state index in [2.05, 4.69) is 10.3 Å². The average Bonchev–Trinajstić information content (AvgIpc) is 3.32. The molecular formula is C21H25N3O3S2. The fourth-order valence-electron chi connectivity index (χ4n) is 2.91. The molecule has 1 N–H and O–H groups in total. The molecule has 1 aromatic carbocycles. The van der Waals surface area contributed by atoms with E-state index in [1.54, 1.807) is 49.4 Å². The van der Waals surface area contributed by atoms with Crippen LogP contribution >= 0.6 is 11.3 Å². The molecule has 0 saturated heterocycles. The summed E-state index contributed by atoms with van der Waals surface area (Å²) in [6.45, 7) is 3.80. The van der Waals surface area contributed by atoms with Crippen LogP contribution in [-0.4, -0.2) is 35.7 Å². The van der Waals surface area contributed by atoms with Gasteiger partial charge in [-0.2, -0.15) is 0 Å². The van der Waals surface area contributed by atoms with Crippen molar-refractivity contribution in [1.29, 1.82) is 0 Å². The van der Waals surface area contributed by atoms with Gasteiger partial charge in [0.2, 0.25) is 5.91 Å². The van der Waals surface area contributed by atoms with E-state index in [4.69, 9.17) is 0 Å². The summed E-state index contributed by atoms with van der Waals surface area (Å²) in [6.07, 6.45) is 2.85. The maximum atomic E-state index is 12.2. The lowest BCUT2D eigenvalue weighted by atomic mass is 10.1. The van der Waals surface area contributed by atoms with Crippen LogP contribution in [-0.2, 0) is 34.5 Å². The highest BCUT2D eigenvalue weighted by Crippen LogP contribution is 2.23. The lowest BCUT2D eigenvalue weighted by molar-refractivity contribution is -0.120. The van der Waals surface area contributed by atoms with Crippen LogP contribution < -0.4 is 5.32 Å². The Balaban J connectivity index is 1.52. The first kappa shape index (κ1) is 21.3. The van der Waals surface area contributed by atoms with Gasteiger partial charge in [0.05, 0.1) is 27.1 Å². The molecule has 0 aliphatic rings. The van der Waals surface area contributed by atoms with Gasteiger partial charge < -0.3 is 9.88 Å². The fourth-order valence-corrected chi connectivity index (χ4v) is 4.65. The lowest BCUT2D eigenvalue weighted by Gasteiger charge is -2.09. The summed E-state index contributed by atoms with van der Waals surface area (Å²) in [7, 11) is -1.34. The Hall–Kier alpha value is -2.45. The predicted octanol–water partition coefficient (Wildman–Crippen LogP) is 3.23. The van der Waals surface area contributed by atoms with Gasteiger partial charge in [-0.15, -0.1) is 11.3 Å². The Bertz CT molecular complexity index is 1070. The minimum atomic E-state index is -3.29. The molecular weight excluding hydrogens is 406 g/mol. The molecule has 3 aromatic rings. The van der Waals surface area contributed by atoms with Crippen LogP contribution in [0.3, 0.4) is 0 Å². The number of carbonyl (C=O) groups is 1. The number of benzene rings is 1. The van der Waals surface area contributed by atoms with Gasteiger partial charge in [-0.1, -0.05) is 18.2 Å². The Kier molecular flexibility index (Phi) is 6.54. The Morgan fingerprint density at radius 3 is 2.55 bits per heavy atom. The van der Waals surface area contributed by atoms with Crippen LogP contribution in [0.25, 0.3) is 10.6 Å². The highest BCUT2D eigenvalue weighted by atomic mass is 32.2. The lowest BCUT2D eigenvalue weighted by Crippen LogP contribution is -2.27. The van der Waals surface area contributed by atoms with E-state index in [-0.39, 0.29) is 17.2 Å². The average molecular weight is 432 g/mol. The molecule has 1 amide bonds. The SMILES string of the molecule is CC(C)S(=O)(=O)c1ccc(CC(=O)NCCc2nc(-c3cccs3)cn2C)cc1. The van der Waals surface area contributed by atoms with Gasteiger partial charge in [-0.3, -0.25) is 4.79 Å². The van der Waals surface area contributed by atoms with E-state index in [0.29, 0.717) is 13.0 Å². The van der Waals surface area contributed by atoms with Crippen LogP contribution in [0.4, 0.5) is 0 Å². The van der Waals surface area contributed by atoms with E-state index in [0.717, 1.165) is 22.0 Å². The summed E-state index contributed by atoms with van der Waals surface area (Å²) in [5, 5.41) is 4.46. The maximum absolute atomic E-state index is 12.2. The quantitative estimate of drug-likeness (QED) is 0.594. The molecule has 29 heavy (non-hydrogen) atoms. The predicted molar refractivity (Wildman–Crippen MR) is 116 cm³/mol. The normalized spacial score (nSPS) is 11.7. The van der Waals surface area contributed by atoms with Crippen molar-refractivity contribution in [3.8, 4) is 10.6 Å². The molecule has 0 saturated carbocycles. The number of hydrogen-bond donors (Lipinski definition) is 1. The molecule has 0 bridgehead atoms. The number of amides is 1. The summed E-state index contributed by atoms with van der Waals surface area (Å²) in [5.74, 6) is 0.814. The third kappa shape index (κ3) is 5.13. The monoisotopic (exact) mass is 431 g/mol. The van der Waals surface area contributed by atoms with Gasteiger partial charge in [0.15, 0.2) is 9.84 Å². The van der Waals surface area contributed by atoms with Crippen molar-refractivity contribution >= 4 is 27.1 Å². The zero-order chi connectivity index (χ0) is 21.0. The van der Waals surface area contributed by atoms with Gasteiger partial charge >= 0.3 is 0 Å². The van der Waals surface area contributed by atoms with Gasteiger partial charge in [-0.25, -0.2) is 13.4 Å². The van der Waals surface area contributed by atoms with E-state index >= 15 is 0 Å². The second-order valence-corrected chi connectivity index (χ2v) is 10.6.